The topological polar surface area (TPSA) is 48.5 Å². The SMILES string of the molecule is CCCNC(=O)c1ccc(N2CCN(C/C=C/c3ccccc3)CC2)cn1. The number of hydrogen-bond donors (Lipinski definition) is 1. The third-order valence-electron chi connectivity index (χ3n) is 4.73. The van der Waals surface area contributed by atoms with Crippen molar-refractivity contribution in [2.45, 2.75) is 13.3 Å². The monoisotopic (exact) mass is 364 g/mol. The predicted molar refractivity (Wildman–Crippen MR) is 111 cm³/mol. The number of amides is 1. The van der Waals surface area contributed by atoms with Crippen LogP contribution in [0.15, 0.2) is 54.7 Å². The summed E-state index contributed by atoms with van der Waals surface area (Å²) in [5, 5.41) is 2.86. The van der Waals surface area contributed by atoms with E-state index in [0.29, 0.717) is 12.2 Å². The van der Waals surface area contributed by atoms with E-state index in [-0.39, 0.29) is 5.91 Å². The number of benzene rings is 1. The lowest BCUT2D eigenvalue weighted by Crippen LogP contribution is -2.46. The Morgan fingerprint density at radius 3 is 2.56 bits per heavy atom. The molecule has 1 fully saturated rings. The maximum absolute atomic E-state index is 11.9. The summed E-state index contributed by atoms with van der Waals surface area (Å²) in [5.74, 6) is -0.0987. The second kappa shape index (κ2) is 9.88. The van der Waals surface area contributed by atoms with Crippen molar-refractivity contribution in [3.8, 4) is 0 Å². The van der Waals surface area contributed by atoms with Gasteiger partial charge in [0.1, 0.15) is 5.69 Å². The van der Waals surface area contributed by atoms with Gasteiger partial charge in [-0.15, -0.1) is 0 Å². The van der Waals surface area contributed by atoms with Crippen LogP contribution < -0.4 is 10.2 Å². The van der Waals surface area contributed by atoms with Gasteiger partial charge in [-0.05, 0) is 24.1 Å². The van der Waals surface area contributed by atoms with Crippen molar-refractivity contribution in [3.63, 3.8) is 0 Å². The van der Waals surface area contributed by atoms with Gasteiger partial charge < -0.3 is 10.2 Å². The Labute approximate surface area is 161 Å². The maximum atomic E-state index is 11.9. The normalized spacial score (nSPS) is 15.2. The molecule has 0 saturated carbocycles. The minimum absolute atomic E-state index is 0.0987. The standard InChI is InChI=1S/C22H28N4O/c1-2-12-23-22(27)21-11-10-20(18-24-21)26-16-14-25(15-17-26)13-6-9-19-7-4-3-5-8-19/h3-11,18H,2,12-17H2,1H3,(H,23,27)/b9-6+. The highest BCUT2D eigenvalue weighted by molar-refractivity contribution is 5.92. The second-order valence-electron chi connectivity index (χ2n) is 6.76. The second-order valence-corrected chi connectivity index (χ2v) is 6.76. The molecular formula is C22H28N4O. The van der Waals surface area contributed by atoms with Crippen LogP contribution in [0.2, 0.25) is 0 Å². The van der Waals surface area contributed by atoms with Crippen LogP contribution in [-0.2, 0) is 0 Å². The lowest BCUT2D eigenvalue weighted by molar-refractivity contribution is 0.0948. The smallest absolute Gasteiger partial charge is 0.269 e. The van der Waals surface area contributed by atoms with Gasteiger partial charge in [0.2, 0.25) is 0 Å². The first-order valence-electron chi connectivity index (χ1n) is 9.69. The number of rotatable bonds is 7. The highest BCUT2D eigenvalue weighted by atomic mass is 16.1. The van der Waals surface area contributed by atoms with Gasteiger partial charge in [-0.25, -0.2) is 4.98 Å². The van der Waals surface area contributed by atoms with Gasteiger partial charge in [-0.3, -0.25) is 9.69 Å². The van der Waals surface area contributed by atoms with E-state index in [1.807, 2.05) is 31.3 Å². The van der Waals surface area contributed by atoms with Crippen LogP contribution in [-0.4, -0.2) is 55.1 Å². The molecule has 0 atom stereocenters. The summed E-state index contributed by atoms with van der Waals surface area (Å²) in [6.07, 6.45) is 7.15. The number of carbonyl (C=O) groups is 1. The van der Waals surface area contributed by atoms with E-state index in [4.69, 9.17) is 0 Å². The first-order chi connectivity index (χ1) is 13.3. The van der Waals surface area contributed by atoms with Crippen LogP contribution in [0.5, 0.6) is 0 Å². The van der Waals surface area contributed by atoms with Gasteiger partial charge in [0.25, 0.3) is 5.91 Å². The molecule has 0 unspecified atom stereocenters. The fourth-order valence-corrected chi connectivity index (χ4v) is 3.13. The van der Waals surface area contributed by atoms with Crippen LogP contribution in [0, 0.1) is 0 Å². The molecule has 2 aromatic rings. The van der Waals surface area contributed by atoms with Gasteiger partial charge in [0, 0.05) is 39.3 Å². The Morgan fingerprint density at radius 2 is 1.89 bits per heavy atom. The molecule has 1 aliphatic rings. The van der Waals surface area contributed by atoms with Gasteiger partial charge in [-0.2, -0.15) is 0 Å². The number of nitrogens with one attached hydrogen (secondary N) is 1. The van der Waals surface area contributed by atoms with E-state index in [1.165, 1.54) is 5.56 Å². The average Bonchev–Trinajstić information content (AvgIpc) is 2.73. The van der Waals surface area contributed by atoms with Crippen molar-refractivity contribution in [1.82, 2.24) is 15.2 Å². The molecule has 1 aromatic carbocycles. The lowest BCUT2D eigenvalue weighted by atomic mass is 10.2. The number of piperazine rings is 1. The van der Waals surface area contributed by atoms with E-state index in [9.17, 15) is 4.79 Å². The van der Waals surface area contributed by atoms with Crippen LogP contribution >= 0.6 is 0 Å². The molecule has 0 spiro atoms. The molecular weight excluding hydrogens is 336 g/mol. The molecule has 0 aliphatic carbocycles. The zero-order valence-electron chi connectivity index (χ0n) is 16.0. The first kappa shape index (κ1) is 19.1. The Kier molecular flexibility index (Phi) is 6.99. The quantitative estimate of drug-likeness (QED) is 0.820. The summed E-state index contributed by atoms with van der Waals surface area (Å²) in [5.41, 5.74) is 2.81. The molecule has 5 heteroatoms. The van der Waals surface area contributed by atoms with E-state index in [1.54, 1.807) is 0 Å². The highest BCUT2D eigenvalue weighted by Crippen LogP contribution is 2.16. The molecule has 1 saturated heterocycles. The number of anilines is 1. The van der Waals surface area contributed by atoms with Gasteiger partial charge in [0.05, 0.1) is 11.9 Å². The van der Waals surface area contributed by atoms with E-state index in [2.05, 4.69) is 56.5 Å². The van der Waals surface area contributed by atoms with Crippen molar-refractivity contribution in [2.24, 2.45) is 0 Å². The third-order valence-corrected chi connectivity index (χ3v) is 4.73. The van der Waals surface area contributed by atoms with Gasteiger partial charge >= 0.3 is 0 Å². The largest absolute Gasteiger partial charge is 0.368 e. The lowest BCUT2D eigenvalue weighted by Gasteiger charge is -2.35. The van der Waals surface area contributed by atoms with E-state index >= 15 is 0 Å². The van der Waals surface area contributed by atoms with Crippen LogP contribution in [0.4, 0.5) is 5.69 Å². The zero-order valence-corrected chi connectivity index (χ0v) is 16.0. The van der Waals surface area contributed by atoms with E-state index < -0.39 is 0 Å². The number of hydrogen-bond acceptors (Lipinski definition) is 4. The number of pyridine rings is 1. The number of nitrogens with zero attached hydrogens (tertiary/aromatic N) is 3. The van der Waals surface area contributed by atoms with Crippen LogP contribution in [0.25, 0.3) is 6.08 Å². The molecule has 1 N–H and O–H groups in total. The maximum Gasteiger partial charge on any atom is 0.269 e. The average molecular weight is 364 g/mol. The minimum Gasteiger partial charge on any atom is -0.368 e. The van der Waals surface area contributed by atoms with Crippen molar-refractivity contribution in [2.75, 3.05) is 44.2 Å². The summed E-state index contributed by atoms with van der Waals surface area (Å²) < 4.78 is 0. The summed E-state index contributed by atoms with van der Waals surface area (Å²) in [6.45, 7) is 7.69. The van der Waals surface area contributed by atoms with Gasteiger partial charge in [-0.1, -0.05) is 49.4 Å². The summed E-state index contributed by atoms with van der Waals surface area (Å²) in [4.78, 5) is 21.1. The summed E-state index contributed by atoms with van der Waals surface area (Å²) in [6, 6.07) is 14.2. The van der Waals surface area contributed by atoms with Crippen molar-refractivity contribution in [1.29, 1.82) is 0 Å². The summed E-state index contributed by atoms with van der Waals surface area (Å²) in [7, 11) is 0. The molecule has 1 aromatic heterocycles. The molecule has 27 heavy (non-hydrogen) atoms. The molecule has 142 valence electrons. The molecule has 1 aliphatic heterocycles. The van der Waals surface area contributed by atoms with Gasteiger partial charge in [0.15, 0.2) is 0 Å². The fraction of sp³-hybridized carbons (Fsp3) is 0.364. The Hall–Kier alpha value is -2.66. The fourth-order valence-electron chi connectivity index (χ4n) is 3.13. The predicted octanol–water partition coefficient (Wildman–Crippen LogP) is 3.06. The molecule has 2 heterocycles. The van der Waals surface area contributed by atoms with Crippen molar-refractivity contribution in [3.05, 3.63) is 66.0 Å². The third kappa shape index (κ3) is 5.66. The van der Waals surface area contributed by atoms with Crippen LogP contribution in [0.1, 0.15) is 29.4 Å². The number of aromatic nitrogens is 1. The summed E-state index contributed by atoms with van der Waals surface area (Å²) >= 11 is 0. The molecule has 1 amide bonds. The van der Waals surface area contributed by atoms with Crippen LogP contribution in [0.3, 0.4) is 0 Å². The Balaban J connectivity index is 1.46. The minimum atomic E-state index is -0.0987. The van der Waals surface area contributed by atoms with E-state index in [0.717, 1.165) is 44.8 Å². The Bertz CT molecular complexity index is 735. The van der Waals surface area contributed by atoms with Crippen molar-refractivity contribution >= 4 is 17.7 Å². The zero-order chi connectivity index (χ0) is 18.9. The molecule has 0 radical (unpaired) electrons. The molecule has 0 bridgehead atoms. The number of carbonyl (C=O) groups excluding carboxylic acids is 1. The Morgan fingerprint density at radius 1 is 1.11 bits per heavy atom. The first-order valence-corrected chi connectivity index (χ1v) is 9.69. The molecule has 3 rings (SSSR count). The molecule has 5 nitrogen and oxygen atoms in total. The van der Waals surface area contributed by atoms with Crippen molar-refractivity contribution < 1.29 is 4.79 Å². The highest BCUT2D eigenvalue weighted by Gasteiger charge is 2.17.